The first-order valence-electron chi connectivity index (χ1n) is 16.3. The van der Waals surface area contributed by atoms with Crippen LogP contribution in [0, 0.1) is 11.8 Å². The average Bonchev–Trinajstić information content (AvgIpc) is 3.34. The Morgan fingerprint density at radius 2 is 1.11 bits per heavy atom. The third kappa shape index (κ3) is 6.53. The predicted octanol–water partition coefficient (Wildman–Crippen LogP) is 9.29. The summed E-state index contributed by atoms with van der Waals surface area (Å²) in [5.74, 6) is 2.00. The lowest BCUT2D eigenvalue weighted by atomic mass is 9.76. The van der Waals surface area contributed by atoms with Crippen LogP contribution in [0.4, 0.5) is 0 Å². The van der Waals surface area contributed by atoms with Gasteiger partial charge in [-0.25, -0.2) is 0 Å². The Bertz CT molecular complexity index is 1720. The van der Waals surface area contributed by atoms with Crippen molar-refractivity contribution in [3.63, 3.8) is 0 Å². The van der Waals surface area contributed by atoms with E-state index in [1.54, 1.807) is 0 Å². The van der Waals surface area contributed by atoms with Gasteiger partial charge < -0.3 is 10.2 Å². The van der Waals surface area contributed by atoms with Gasteiger partial charge in [-0.2, -0.15) is 0 Å². The summed E-state index contributed by atoms with van der Waals surface area (Å²) in [7, 11) is 2.21. The summed E-state index contributed by atoms with van der Waals surface area (Å²) in [4.78, 5) is 12.0. The number of benzene rings is 2. The van der Waals surface area contributed by atoms with Crippen molar-refractivity contribution in [3.8, 4) is 0 Å². The lowest BCUT2D eigenvalue weighted by molar-refractivity contribution is 0.206. The van der Waals surface area contributed by atoms with E-state index in [2.05, 4.69) is 78.0 Å². The van der Waals surface area contributed by atoms with Gasteiger partial charge in [0.2, 0.25) is 0 Å². The Kier molecular flexibility index (Phi) is 9.18. The molecule has 0 spiro atoms. The minimum Gasteiger partial charge on any atom is -0.317 e. The molecule has 0 amide bonds. The van der Waals surface area contributed by atoms with Gasteiger partial charge in [0.25, 0.3) is 0 Å². The zero-order valence-corrected chi connectivity index (χ0v) is 27.3. The van der Waals surface area contributed by atoms with Gasteiger partial charge in [0.05, 0.1) is 11.4 Å². The lowest BCUT2D eigenvalue weighted by Gasteiger charge is -2.35. The van der Waals surface area contributed by atoms with E-state index >= 15 is 0 Å². The van der Waals surface area contributed by atoms with Crippen molar-refractivity contribution < 1.29 is 1.43 Å². The van der Waals surface area contributed by atoms with Crippen LogP contribution in [0.25, 0.3) is 24.3 Å². The minimum atomic E-state index is 0. The highest BCUT2D eigenvalue weighted by atomic mass is 35.5. The molecule has 232 valence electrons. The molecule has 2 fully saturated rings. The highest BCUT2D eigenvalue weighted by Crippen LogP contribution is 2.44. The van der Waals surface area contributed by atoms with Crippen LogP contribution >= 0.6 is 23.2 Å². The second kappa shape index (κ2) is 13.6. The number of aromatic nitrogens is 2. The summed E-state index contributed by atoms with van der Waals surface area (Å²) in [6.07, 6.45) is 17.4. The molecule has 6 heteroatoms. The molecule has 4 aromatic rings. The van der Waals surface area contributed by atoms with Crippen molar-refractivity contribution in [1.82, 2.24) is 20.2 Å². The molecule has 2 aliphatic carbocycles. The molecule has 2 aromatic heterocycles. The topological polar surface area (TPSA) is 41.1 Å². The molecular formula is C39H42Cl2N4. The Morgan fingerprint density at radius 3 is 1.62 bits per heavy atom. The fraction of sp³-hybridized carbons (Fsp3) is 0.333. The Hall–Kier alpha value is -3.28. The van der Waals surface area contributed by atoms with Gasteiger partial charge in [0.15, 0.2) is 0 Å². The molecule has 45 heavy (non-hydrogen) atoms. The fourth-order valence-electron chi connectivity index (χ4n) is 7.76. The highest BCUT2D eigenvalue weighted by Gasteiger charge is 2.33. The quantitative estimate of drug-likeness (QED) is 0.238. The average molecular weight is 638 g/mol. The first-order valence-corrected chi connectivity index (χ1v) is 17.0. The van der Waals surface area contributed by atoms with Gasteiger partial charge in [-0.1, -0.05) is 71.8 Å². The number of fused-ring (bicyclic) bond motifs is 4. The maximum absolute atomic E-state index is 6.24. The fourth-order valence-corrected chi connectivity index (χ4v) is 8.12. The second-order valence-corrected chi connectivity index (χ2v) is 13.7. The van der Waals surface area contributed by atoms with Crippen LogP contribution in [0.3, 0.4) is 0 Å². The van der Waals surface area contributed by atoms with Crippen molar-refractivity contribution >= 4 is 47.5 Å². The van der Waals surface area contributed by atoms with Crippen molar-refractivity contribution in [2.75, 3.05) is 33.2 Å². The van der Waals surface area contributed by atoms with Gasteiger partial charge >= 0.3 is 0 Å². The Labute approximate surface area is 278 Å². The number of hydrogen-bond donors (Lipinski definition) is 1. The van der Waals surface area contributed by atoms with E-state index < -0.39 is 0 Å². The number of piperidine rings is 2. The van der Waals surface area contributed by atoms with E-state index in [0.29, 0.717) is 23.7 Å². The molecule has 0 saturated carbocycles. The first kappa shape index (κ1) is 30.4. The van der Waals surface area contributed by atoms with Crippen LogP contribution in [0.2, 0.25) is 10.0 Å². The summed E-state index contributed by atoms with van der Waals surface area (Å²) >= 11 is 12.5. The number of halogens is 2. The summed E-state index contributed by atoms with van der Waals surface area (Å²) < 4.78 is 0. The normalized spacial score (nSPS) is 21.3. The number of pyridine rings is 2. The van der Waals surface area contributed by atoms with E-state index in [0.717, 1.165) is 23.1 Å². The molecule has 2 atom stereocenters. The summed E-state index contributed by atoms with van der Waals surface area (Å²) in [5, 5.41) is 5.07. The highest BCUT2D eigenvalue weighted by molar-refractivity contribution is 6.31. The van der Waals surface area contributed by atoms with Crippen molar-refractivity contribution in [1.29, 1.82) is 0 Å². The van der Waals surface area contributed by atoms with Gasteiger partial charge in [0.1, 0.15) is 0 Å². The third-order valence-corrected chi connectivity index (χ3v) is 10.5. The van der Waals surface area contributed by atoms with E-state index in [4.69, 9.17) is 33.2 Å². The smallest absolute Gasteiger partial charge is 0.0553 e. The molecular weight excluding hydrogens is 595 g/mol. The monoisotopic (exact) mass is 636 g/mol. The second-order valence-electron chi connectivity index (χ2n) is 12.9. The van der Waals surface area contributed by atoms with Gasteiger partial charge in [-0.3, -0.25) is 9.97 Å². The van der Waals surface area contributed by atoms with Crippen LogP contribution in [0.15, 0.2) is 73.1 Å². The third-order valence-electron chi connectivity index (χ3n) is 10.1. The molecule has 0 radical (unpaired) electrons. The van der Waals surface area contributed by atoms with Crippen LogP contribution < -0.4 is 5.32 Å². The molecule has 4 aliphatic rings. The molecule has 1 N–H and O–H groups in total. The van der Waals surface area contributed by atoms with Crippen LogP contribution in [-0.2, 0) is 0 Å². The summed E-state index contributed by atoms with van der Waals surface area (Å²) in [5.41, 5.74) is 10.1. The maximum atomic E-state index is 6.24. The van der Waals surface area contributed by atoms with Crippen molar-refractivity contribution in [2.24, 2.45) is 11.8 Å². The van der Waals surface area contributed by atoms with Crippen LogP contribution in [-0.4, -0.2) is 48.1 Å². The van der Waals surface area contributed by atoms with Crippen molar-refractivity contribution in [3.05, 3.63) is 128 Å². The maximum Gasteiger partial charge on any atom is 0.0553 e. The zero-order chi connectivity index (χ0) is 30.8. The largest absolute Gasteiger partial charge is 0.317 e. The molecule has 2 saturated heterocycles. The summed E-state index contributed by atoms with van der Waals surface area (Å²) in [6.45, 7) is 4.53. The Morgan fingerprint density at radius 1 is 0.644 bits per heavy atom. The van der Waals surface area contributed by atoms with Gasteiger partial charge in [0, 0.05) is 35.7 Å². The summed E-state index contributed by atoms with van der Waals surface area (Å²) in [6, 6.07) is 21.0. The van der Waals surface area contributed by atoms with Gasteiger partial charge in [-0.15, -0.1) is 0 Å². The first-order chi connectivity index (χ1) is 22.0. The lowest BCUT2D eigenvalue weighted by Crippen LogP contribution is -2.33. The number of hydrogen-bond acceptors (Lipinski definition) is 4. The number of nitrogens with zero attached hydrogens (tertiary/aromatic N) is 3. The molecule has 2 aromatic carbocycles. The van der Waals surface area contributed by atoms with Crippen LogP contribution in [0.5, 0.6) is 0 Å². The molecule has 2 aliphatic heterocycles. The van der Waals surface area contributed by atoms with E-state index in [-0.39, 0.29) is 1.43 Å². The molecule has 2 unspecified atom stereocenters. The van der Waals surface area contributed by atoms with E-state index in [1.165, 1.54) is 83.5 Å². The van der Waals surface area contributed by atoms with E-state index in [1.807, 2.05) is 36.7 Å². The standard InChI is InChI=1S/C20H21ClN2.C19H19ClN2.H2/c1-23-11-8-14(9-12-23)19-18-7-6-17(21)13-16(18)5-4-15-3-2-10-22-20(15)19;20-16-5-6-17-15(12-16)4-3-14-2-1-9-22-19(14)18(17)13-7-10-21-11-8-13;/h2-7,10,13-14,19H,8-9,11-12H2,1H3;1-6,9,12-13,18,21H,7-8,10-11H2;1H. The number of likely N-dealkylation sites (tertiary alicyclic amines) is 1. The SMILES string of the molecule is CN1CCC(C2c3ccc(Cl)cc3C=Cc3cccnc32)CC1.Clc1ccc2c(c1)C=Cc1cccnc1C2C1CCNCC1.[HH]. The van der Waals surface area contributed by atoms with Gasteiger partial charge in [-0.05, 0) is 141 Å². The molecule has 0 bridgehead atoms. The molecule has 4 nitrogen and oxygen atoms in total. The molecule has 8 rings (SSSR count). The minimum absolute atomic E-state index is 0. The number of rotatable bonds is 2. The van der Waals surface area contributed by atoms with Crippen LogP contribution in [0.1, 0.15) is 83.7 Å². The predicted molar refractivity (Wildman–Crippen MR) is 191 cm³/mol. The van der Waals surface area contributed by atoms with E-state index in [9.17, 15) is 0 Å². The molecule has 4 heterocycles. The Balaban J connectivity index is 0.000000158. The van der Waals surface area contributed by atoms with Crippen molar-refractivity contribution in [2.45, 2.75) is 37.5 Å². The zero-order valence-electron chi connectivity index (χ0n) is 25.8. The number of nitrogens with one attached hydrogen (secondary N) is 1.